The van der Waals surface area contributed by atoms with Crippen LogP contribution in [-0.4, -0.2) is 26.3 Å². The maximum Gasteiger partial charge on any atom is 0.0488 e. The number of methoxy groups -OCH3 is 1. The van der Waals surface area contributed by atoms with Gasteiger partial charge in [0.1, 0.15) is 0 Å². The molecule has 0 rings (SSSR count). The second kappa shape index (κ2) is 7.32. The summed E-state index contributed by atoms with van der Waals surface area (Å²) in [5.41, 5.74) is 0. The van der Waals surface area contributed by atoms with E-state index in [9.17, 15) is 0 Å². The fraction of sp³-hybridized carbons (Fsp3) is 0.800. The molecule has 0 aromatic heterocycles. The highest BCUT2D eigenvalue weighted by atomic mass is 16.5. The standard InChI is InChI=1S/C10H21NO/c1-5-10(11-6-2)7-9(3)8-12-4/h5,9-11H,1,6-8H2,2-4H3. The Kier molecular flexibility index (Phi) is 7.11. The predicted molar refractivity (Wildman–Crippen MR) is 53.3 cm³/mol. The van der Waals surface area contributed by atoms with Crippen molar-refractivity contribution >= 4 is 0 Å². The van der Waals surface area contributed by atoms with Gasteiger partial charge in [-0.15, -0.1) is 6.58 Å². The van der Waals surface area contributed by atoms with Gasteiger partial charge in [-0.2, -0.15) is 0 Å². The van der Waals surface area contributed by atoms with Crippen molar-refractivity contribution in [1.29, 1.82) is 0 Å². The minimum Gasteiger partial charge on any atom is -0.384 e. The van der Waals surface area contributed by atoms with E-state index in [4.69, 9.17) is 4.74 Å². The van der Waals surface area contributed by atoms with Crippen LogP contribution in [0.15, 0.2) is 12.7 Å². The molecule has 0 aromatic carbocycles. The molecule has 12 heavy (non-hydrogen) atoms. The summed E-state index contributed by atoms with van der Waals surface area (Å²) in [6.45, 7) is 9.92. The van der Waals surface area contributed by atoms with Crippen LogP contribution in [0.5, 0.6) is 0 Å². The van der Waals surface area contributed by atoms with Crippen molar-refractivity contribution in [3.63, 3.8) is 0 Å². The Morgan fingerprint density at radius 2 is 2.25 bits per heavy atom. The Bertz CT molecular complexity index is 114. The summed E-state index contributed by atoms with van der Waals surface area (Å²) in [5.74, 6) is 0.594. The van der Waals surface area contributed by atoms with E-state index in [1.54, 1.807) is 7.11 Å². The van der Waals surface area contributed by atoms with Gasteiger partial charge in [0, 0.05) is 19.8 Å². The molecule has 0 bridgehead atoms. The van der Waals surface area contributed by atoms with Crippen LogP contribution in [0.2, 0.25) is 0 Å². The van der Waals surface area contributed by atoms with Gasteiger partial charge in [0.2, 0.25) is 0 Å². The fourth-order valence-corrected chi connectivity index (χ4v) is 1.31. The lowest BCUT2D eigenvalue weighted by molar-refractivity contribution is 0.152. The Morgan fingerprint density at radius 1 is 1.58 bits per heavy atom. The molecule has 0 saturated carbocycles. The van der Waals surface area contributed by atoms with Crippen LogP contribution in [0.4, 0.5) is 0 Å². The summed E-state index contributed by atoms with van der Waals surface area (Å²) in [4.78, 5) is 0. The van der Waals surface area contributed by atoms with Crippen molar-refractivity contribution in [2.45, 2.75) is 26.3 Å². The van der Waals surface area contributed by atoms with E-state index >= 15 is 0 Å². The quantitative estimate of drug-likeness (QED) is 0.590. The summed E-state index contributed by atoms with van der Waals surface area (Å²) < 4.78 is 5.07. The van der Waals surface area contributed by atoms with Gasteiger partial charge in [-0.25, -0.2) is 0 Å². The van der Waals surface area contributed by atoms with Gasteiger partial charge in [0.25, 0.3) is 0 Å². The Morgan fingerprint density at radius 3 is 2.67 bits per heavy atom. The van der Waals surface area contributed by atoms with E-state index in [1.807, 2.05) is 6.08 Å². The number of hydrogen-bond donors (Lipinski definition) is 1. The highest BCUT2D eigenvalue weighted by Gasteiger charge is 2.07. The van der Waals surface area contributed by atoms with E-state index in [0.717, 1.165) is 19.6 Å². The molecule has 0 spiro atoms. The third-order valence-corrected chi connectivity index (χ3v) is 1.86. The second-order valence-corrected chi connectivity index (χ2v) is 3.20. The van der Waals surface area contributed by atoms with Crippen molar-refractivity contribution in [2.75, 3.05) is 20.3 Å². The first kappa shape index (κ1) is 11.7. The third kappa shape index (κ3) is 5.33. The predicted octanol–water partition coefficient (Wildman–Crippen LogP) is 1.82. The van der Waals surface area contributed by atoms with Crippen molar-refractivity contribution in [3.8, 4) is 0 Å². The topological polar surface area (TPSA) is 21.3 Å². The van der Waals surface area contributed by atoms with Crippen LogP contribution < -0.4 is 5.32 Å². The average Bonchev–Trinajstić information content (AvgIpc) is 2.04. The lowest BCUT2D eigenvalue weighted by atomic mass is 10.0. The lowest BCUT2D eigenvalue weighted by Crippen LogP contribution is -2.29. The molecule has 2 heteroatoms. The van der Waals surface area contributed by atoms with Gasteiger partial charge in [0.15, 0.2) is 0 Å². The normalized spacial score (nSPS) is 15.6. The summed E-state index contributed by atoms with van der Waals surface area (Å²) in [6, 6.07) is 0.431. The fourth-order valence-electron chi connectivity index (χ4n) is 1.31. The van der Waals surface area contributed by atoms with Gasteiger partial charge in [0.05, 0.1) is 0 Å². The first-order valence-electron chi connectivity index (χ1n) is 4.59. The molecule has 0 aliphatic rings. The van der Waals surface area contributed by atoms with Gasteiger partial charge in [-0.1, -0.05) is 19.9 Å². The zero-order valence-electron chi connectivity index (χ0n) is 8.47. The van der Waals surface area contributed by atoms with E-state index in [2.05, 4.69) is 25.7 Å². The minimum absolute atomic E-state index is 0.431. The second-order valence-electron chi connectivity index (χ2n) is 3.20. The zero-order chi connectivity index (χ0) is 9.40. The van der Waals surface area contributed by atoms with Crippen molar-refractivity contribution in [2.24, 2.45) is 5.92 Å². The van der Waals surface area contributed by atoms with Crippen LogP contribution in [0.1, 0.15) is 20.3 Å². The SMILES string of the molecule is C=CC(CC(C)COC)NCC. The molecular formula is C10H21NO. The Hall–Kier alpha value is -0.340. The summed E-state index contributed by atoms with van der Waals surface area (Å²) in [5, 5.41) is 3.35. The largest absolute Gasteiger partial charge is 0.384 e. The highest BCUT2D eigenvalue weighted by molar-refractivity contribution is 4.86. The van der Waals surface area contributed by atoms with Crippen molar-refractivity contribution < 1.29 is 4.74 Å². The maximum atomic E-state index is 5.07. The van der Waals surface area contributed by atoms with Crippen LogP contribution in [0.25, 0.3) is 0 Å². The van der Waals surface area contributed by atoms with Crippen LogP contribution in [0, 0.1) is 5.92 Å². The first-order chi connectivity index (χ1) is 5.74. The molecule has 0 fully saturated rings. The summed E-state index contributed by atoms with van der Waals surface area (Å²) in [6.07, 6.45) is 3.07. The number of ether oxygens (including phenoxy) is 1. The van der Waals surface area contributed by atoms with Crippen LogP contribution in [0.3, 0.4) is 0 Å². The van der Waals surface area contributed by atoms with Gasteiger partial charge in [-0.05, 0) is 18.9 Å². The minimum atomic E-state index is 0.431. The third-order valence-electron chi connectivity index (χ3n) is 1.86. The van der Waals surface area contributed by atoms with E-state index < -0.39 is 0 Å². The number of nitrogens with one attached hydrogen (secondary N) is 1. The van der Waals surface area contributed by atoms with E-state index in [1.165, 1.54) is 0 Å². The number of likely N-dealkylation sites (N-methyl/N-ethyl adjacent to an activating group) is 1. The first-order valence-corrected chi connectivity index (χ1v) is 4.59. The molecule has 0 amide bonds. The molecule has 1 N–H and O–H groups in total. The monoisotopic (exact) mass is 171 g/mol. The maximum absolute atomic E-state index is 5.07. The Labute approximate surface area is 76.0 Å². The van der Waals surface area contributed by atoms with E-state index in [-0.39, 0.29) is 0 Å². The van der Waals surface area contributed by atoms with Crippen LogP contribution in [-0.2, 0) is 4.74 Å². The lowest BCUT2D eigenvalue weighted by Gasteiger charge is -2.17. The molecule has 0 aliphatic heterocycles. The summed E-state index contributed by atoms with van der Waals surface area (Å²) >= 11 is 0. The highest BCUT2D eigenvalue weighted by Crippen LogP contribution is 2.06. The molecule has 0 heterocycles. The molecule has 2 unspecified atom stereocenters. The Balaban J connectivity index is 3.60. The number of hydrogen-bond acceptors (Lipinski definition) is 2. The van der Waals surface area contributed by atoms with Gasteiger partial charge >= 0.3 is 0 Å². The van der Waals surface area contributed by atoms with E-state index in [0.29, 0.717) is 12.0 Å². The molecule has 2 atom stereocenters. The molecular weight excluding hydrogens is 150 g/mol. The van der Waals surface area contributed by atoms with Gasteiger partial charge < -0.3 is 10.1 Å². The van der Waals surface area contributed by atoms with Gasteiger partial charge in [-0.3, -0.25) is 0 Å². The van der Waals surface area contributed by atoms with Crippen molar-refractivity contribution in [3.05, 3.63) is 12.7 Å². The summed E-state index contributed by atoms with van der Waals surface area (Å²) in [7, 11) is 1.74. The molecule has 72 valence electrons. The zero-order valence-corrected chi connectivity index (χ0v) is 8.47. The number of rotatable bonds is 7. The molecule has 0 aliphatic carbocycles. The average molecular weight is 171 g/mol. The molecule has 0 aromatic rings. The molecule has 2 nitrogen and oxygen atoms in total. The van der Waals surface area contributed by atoms with Crippen molar-refractivity contribution in [1.82, 2.24) is 5.32 Å². The molecule has 0 radical (unpaired) electrons. The van der Waals surface area contributed by atoms with Crippen LogP contribution >= 0.6 is 0 Å². The molecule has 0 saturated heterocycles. The smallest absolute Gasteiger partial charge is 0.0488 e.